The Labute approximate surface area is 83.0 Å². The summed E-state index contributed by atoms with van der Waals surface area (Å²) in [6, 6.07) is 1.66. The van der Waals surface area contributed by atoms with E-state index in [0.29, 0.717) is 12.2 Å². The molecule has 0 spiro atoms. The first kappa shape index (κ1) is 10.6. The minimum Gasteiger partial charge on any atom is -0.320 e. The van der Waals surface area contributed by atoms with Gasteiger partial charge in [-0.3, -0.25) is 4.79 Å². The Kier molecular flexibility index (Phi) is 4.57. The van der Waals surface area contributed by atoms with Gasteiger partial charge in [0.2, 0.25) is 5.91 Å². The highest BCUT2D eigenvalue weighted by molar-refractivity contribution is 5.89. The SMILES string of the molecule is CNCCCC(=O)Nc1ccncn1. The molecule has 0 radical (unpaired) electrons. The molecule has 1 amide bonds. The molecular weight excluding hydrogens is 180 g/mol. The first-order chi connectivity index (χ1) is 6.83. The van der Waals surface area contributed by atoms with Crippen LogP contribution in [0.4, 0.5) is 5.82 Å². The third-order valence-corrected chi connectivity index (χ3v) is 1.68. The summed E-state index contributed by atoms with van der Waals surface area (Å²) in [5, 5.41) is 5.66. The van der Waals surface area contributed by atoms with E-state index in [0.717, 1.165) is 13.0 Å². The molecule has 0 unspecified atom stereocenters. The lowest BCUT2D eigenvalue weighted by molar-refractivity contribution is -0.116. The number of nitrogens with one attached hydrogen (secondary N) is 2. The quantitative estimate of drug-likeness (QED) is 0.666. The molecule has 0 aliphatic rings. The Morgan fingerprint density at radius 1 is 1.57 bits per heavy atom. The second-order valence-electron chi connectivity index (χ2n) is 2.85. The number of hydrogen-bond donors (Lipinski definition) is 2. The third-order valence-electron chi connectivity index (χ3n) is 1.68. The molecule has 0 aliphatic heterocycles. The lowest BCUT2D eigenvalue weighted by Gasteiger charge is -2.02. The van der Waals surface area contributed by atoms with Crippen molar-refractivity contribution < 1.29 is 4.79 Å². The van der Waals surface area contributed by atoms with Crippen molar-refractivity contribution in [2.24, 2.45) is 0 Å². The molecule has 0 fully saturated rings. The van der Waals surface area contributed by atoms with E-state index in [1.807, 2.05) is 7.05 Å². The molecule has 0 atom stereocenters. The zero-order valence-electron chi connectivity index (χ0n) is 8.16. The smallest absolute Gasteiger partial charge is 0.225 e. The predicted molar refractivity (Wildman–Crippen MR) is 53.8 cm³/mol. The summed E-state index contributed by atoms with van der Waals surface area (Å²) < 4.78 is 0. The molecule has 1 aromatic rings. The molecule has 1 aromatic heterocycles. The lowest BCUT2D eigenvalue weighted by Crippen LogP contribution is -2.15. The number of nitrogens with zero attached hydrogens (tertiary/aromatic N) is 2. The molecule has 2 N–H and O–H groups in total. The topological polar surface area (TPSA) is 66.9 Å². The van der Waals surface area contributed by atoms with Crippen LogP contribution in [0.25, 0.3) is 0 Å². The van der Waals surface area contributed by atoms with Crippen LogP contribution < -0.4 is 10.6 Å². The second kappa shape index (κ2) is 6.04. The lowest BCUT2D eigenvalue weighted by atomic mass is 10.3. The molecule has 0 aliphatic carbocycles. The molecule has 0 bridgehead atoms. The fraction of sp³-hybridized carbons (Fsp3) is 0.444. The molecule has 76 valence electrons. The van der Waals surface area contributed by atoms with E-state index in [1.54, 1.807) is 12.3 Å². The standard InChI is InChI=1S/C9H14N4O/c1-10-5-2-3-9(14)13-8-4-6-11-7-12-8/h4,6-7,10H,2-3,5H2,1H3,(H,11,12,13,14). The van der Waals surface area contributed by atoms with Gasteiger partial charge in [0.15, 0.2) is 0 Å². The Morgan fingerprint density at radius 2 is 2.43 bits per heavy atom. The average Bonchev–Trinajstić information content (AvgIpc) is 2.20. The number of hydrogen-bond acceptors (Lipinski definition) is 4. The average molecular weight is 194 g/mol. The van der Waals surface area contributed by atoms with Gasteiger partial charge < -0.3 is 10.6 Å². The maximum absolute atomic E-state index is 11.3. The van der Waals surface area contributed by atoms with Crippen molar-refractivity contribution in [3.05, 3.63) is 18.6 Å². The summed E-state index contributed by atoms with van der Waals surface area (Å²) >= 11 is 0. The fourth-order valence-electron chi connectivity index (χ4n) is 0.996. The molecule has 5 heteroatoms. The van der Waals surface area contributed by atoms with Crippen LogP contribution in [0.15, 0.2) is 18.6 Å². The van der Waals surface area contributed by atoms with Gasteiger partial charge in [0.25, 0.3) is 0 Å². The van der Waals surface area contributed by atoms with Crippen molar-refractivity contribution >= 4 is 11.7 Å². The number of amides is 1. The summed E-state index contributed by atoms with van der Waals surface area (Å²) in [5.74, 6) is 0.536. The van der Waals surface area contributed by atoms with Crippen molar-refractivity contribution in [2.45, 2.75) is 12.8 Å². The highest BCUT2D eigenvalue weighted by atomic mass is 16.1. The van der Waals surface area contributed by atoms with Gasteiger partial charge in [0.1, 0.15) is 12.1 Å². The maximum atomic E-state index is 11.3. The highest BCUT2D eigenvalue weighted by Gasteiger charge is 2.01. The maximum Gasteiger partial charge on any atom is 0.225 e. The van der Waals surface area contributed by atoms with E-state index < -0.39 is 0 Å². The van der Waals surface area contributed by atoms with Crippen LogP contribution in [0, 0.1) is 0 Å². The van der Waals surface area contributed by atoms with Crippen LogP contribution in [-0.4, -0.2) is 29.5 Å². The monoisotopic (exact) mass is 194 g/mol. The van der Waals surface area contributed by atoms with Crippen LogP contribution >= 0.6 is 0 Å². The van der Waals surface area contributed by atoms with Crippen molar-refractivity contribution in [3.63, 3.8) is 0 Å². The first-order valence-corrected chi connectivity index (χ1v) is 4.53. The summed E-state index contributed by atoms with van der Waals surface area (Å²) in [5.41, 5.74) is 0. The Morgan fingerprint density at radius 3 is 3.07 bits per heavy atom. The van der Waals surface area contributed by atoms with E-state index in [2.05, 4.69) is 20.6 Å². The number of aromatic nitrogens is 2. The van der Waals surface area contributed by atoms with Crippen molar-refractivity contribution in [3.8, 4) is 0 Å². The Bertz CT molecular complexity index is 275. The zero-order chi connectivity index (χ0) is 10.2. The summed E-state index contributed by atoms with van der Waals surface area (Å²) in [6.07, 6.45) is 4.33. The van der Waals surface area contributed by atoms with Gasteiger partial charge >= 0.3 is 0 Å². The third kappa shape index (κ3) is 3.95. The van der Waals surface area contributed by atoms with Gasteiger partial charge in [0.05, 0.1) is 0 Å². The van der Waals surface area contributed by atoms with Crippen molar-refractivity contribution in [1.29, 1.82) is 0 Å². The van der Waals surface area contributed by atoms with Gasteiger partial charge in [-0.15, -0.1) is 0 Å². The number of anilines is 1. The molecule has 14 heavy (non-hydrogen) atoms. The highest BCUT2D eigenvalue weighted by Crippen LogP contribution is 1.99. The van der Waals surface area contributed by atoms with Gasteiger partial charge in [-0.25, -0.2) is 9.97 Å². The molecule has 0 saturated carbocycles. The summed E-state index contributed by atoms with van der Waals surface area (Å²) in [7, 11) is 1.86. The van der Waals surface area contributed by atoms with Crippen LogP contribution in [0.2, 0.25) is 0 Å². The van der Waals surface area contributed by atoms with Gasteiger partial charge in [-0.1, -0.05) is 0 Å². The minimum atomic E-state index is -0.0149. The second-order valence-corrected chi connectivity index (χ2v) is 2.85. The molecule has 0 aromatic carbocycles. The zero-order valence-corrected chi connectivity index (χ0v) is 8.16. The molecule has 5 nitrogen and oxygen atoms in total. The Hall–Kier alpha value is -1.49. The van der Waals surface area contributed by atoms with Crippen LogP contribution in [0.3, 0.4) is 0 Å². The normalized spacial score (nSPS) is 9.79. The minimum absolute atomic E-state index is 0.0149. The Balaban J connectivity index is 2.27. The summed E-state index contributed by atoms with van der Waals surface area (Å²) in [4.78, 5) is 18.9. The van der Waals surface area contributed by atoms with Gasteiger partial charge in [-0.2, -0.15) is 0 Å². The van der Waals surface area contributed by atoms with Gasteiger partial charge in [-0.05, 0) is 26.1 Å². The van der Waals surface area contributed by atoms with Crippen molar-refractivity contribution in [1.82, 2.24) is 15.3 Å². The molecule has 1 rings (SSSR count). The molecular formula is C9H14N4O. The number of carbonyl (C=O) groups is 1. The van der Waals surface area contributed by atoms with Gasteiger partial charge in [0, 0.05) is 12.6 Å². The van der Waals surface area contributed by atoms with Crippen LogP contribution in [0.1, 0.15) is 12.8 Å². The number of rotatable bonds is 5. The molecule has 0 saturated heterocycles. The fourth-order valence-corrected chi connectivity index (χ4v) is 0.996. The van der Waals surface area contributed by atoms with E-state index >= 15 is 0 Å². The number of carbonyl (C=O) groups excluding carboxylic acids is 1. The van der Waals surface area contributed by atoms with Crippen LogP contribution in [0.5, 0.6) is 0 Å². The van der Waals surface area contributed by atoms with E-state index in [4.69, 9.17) is 0 Å². The van der Waals surface area contributed by atoms with E-state index in [9.17, 15) is 4.79 Å². The van der Waals surface area contributed by atoms with E-state index in [1.165, 1.54) is 6.33 Å². The first-order valence-electron chi connectivity index (χ1n) is 4.53. The van der Waals surface area contributed by atoms with Crippen LogP contribution in [-0.2, 0) is 4.79 Å². The van der Waals surface area contributed by atoms with Crippen molar-refractivity contribution in [2.75, 3.05) is 18.9 Å². The predicted octanol–water partition coefficient (Wildman–Crippen LogP) is 0.415. The molecule has 1 heterocycles. The largest absolute Gasteiger partial charge is 0.320 e. The van der Waals surface area contributed by atoms with E-state index in [-0.39, 0.29) is 5.91 Å². The summed E-state index contributed by atoms with van der Waals surface area (Å²) in [6.45, 7) is 0.844.